The molecule has 4 rings (SSSR count). The Balaban J connectivity index is 2.14. The average molecular weight is 436 g/mol. The summed E-state index contributed by atoms with van der Waals surface area (Å²) >= 11 is 0. The fraction of sp³-hybridized carbons (Fsp3) is 0.417. The van der Waals surface area contributed by atoms with E-state index in [1.807, 2.05) is 20.8 Å². The summed E-state index contributed by atoms with van der Waals surface area (Å²) in [7, 11) is -3.28. The molecule has 0 saturated carbocycles. The average Bonchev–Trinajstić information content (AvgIpc) is 3.33. The van der Waals surface area contributed by atoms with E-state index in [2.05, 4.69) is 42.6 Å². The van der Waals surface area contributed by atoms with Gasteiger partial charge in [0.15, 0.2) is 0 Å². The monoisotopic (exact) mass is 435 g/mol. The Bertz CT molecular complexity index is 1100. The molecule has 31 heavy (non-hydrogen) atoms. The second-order valence-corrected chi connectivity index (χ2v) is 9.97. The quantitative estimate of drug-likeness (QED) is 0.571. The summed E-state index contributed by atoms with van der Waals surface area (Å²) in [6, 6.07) is 10.8. The fourth-order valence-corrected chi connectivity index (χ4v) is 7.44. The van der Waals surface area contributed by atoms with E-state index in [1.54, 1.807) is 0 Å². The minimum Gasteiger partial charge on any atom is -0.385 e. The molecular formula is C24H29N3O3Si. The molecule has 0 bridgehead atoms. The van der Waals surface area contributed by atoms with E-state index >= 15 is 0 Å². The maximum Gasteiger partial charge on any atom is 0.539 e. The summed E-state index contributed by atoms with van der Waals surface area (Å²) in [6.45, 7) is 10.7. The molecule has 2 aliphatic rings. The van der Waals surface area contributed by atoms with Crippen molar-refractivity contribution in [3.63, 3.8) is 0 Å². The van der Waals surface area contributed by atoms with Crippen LogP contribution in [0.2, 0.25) is 0 Å². The summed E-state index contributed by atoms with van der Waals surface area (Å²) in [5.74, 6) is 0. The number of rotatable bonds is 10. The summed E-state index contributed by atoms with van der Waals surface area (Å²) in [5, 5.41) is 16.6. The summed E-state index contributed by atoms with van der Waals surface area (Å²) in [4.78, 5) is 4.74. The number of hydrogen-bond donors (Lipinski definition) is 1. The van der Waals surface area contributed by atoms with Gasteiger partial charge in [-0.3, -0.25) is 4.99 Å². The first-order valence-corrected chi connectivity index (χ1v) is 12.8. The zero-order chi connectivity index (χ0) is 22.0. The van der Waals surface area contributed by atoms with E-state index in [4.69, 9.17) is 18.3 Å². The molecule has 1 aliphatic heterocycles. The Hall–Kier alpha value is -2.50. The molecule has 2 aromatic rings. The van der Waals surface area contributed by atoms with E-state index in [9.17, 15) is 5.26 Å². The van der Waals surface area contributed by atoms with Crippen LogP contribution in [0.15, 0.2) is 34.8 Å². The highest BCUT2D eigenvalue weighted by molar-refractivity contribution is 6.79. The number of aliphatic imine (C=N–C) groups is 1. The molecule has 7 heteroatoms. The zero-order valence-corrected chi connectivity index (χ0v) is 19.7. The van der Waals surface area contributed by atoms with Gasteiger partial charge in [-0.2, -0.15) is 5.26 Å². The van der Waals surface area contributed by atoms with Crippen molar-refractivity contribution in [2.75, 3.05) is 38.2 Å². The van der Waals surface area contributed by atoms with Crippen LogP contribution in [0.25, 0.3) is 16.3 Å². The van der Waals surface area contributed by atoms with Gasteiger partial charge in [0.2, 0.25) is 0 Å². The van der Waals surface area contributed by atoms with Crippen molar-refractivity contribution in [3.8, 4) is 6.07 Å². The smallest absolute Gasteiger partial charge is 0.385 e. The number of nitrogens with zero attached hydrogens (tertiary/aromatic N) is 2. The Kier molecular flexibility index (Phi) is 6.26. The van der Waals surface area contributed by atoms with Crippen LogP contribution in [0.3, 0.4) is 0 Å². The standard InChI is InChI=1S/C24H29N3O3Si/c1-5-12-26-19-13-16-10-9-11-18-20(16)22(21-17(14-25)15-27-23(18)21)24(19)31(28-6-2,29-7-3)30-8-4/h9-11,13,26H,5-8,12,15H2,1-4H3. The molecule has 0 unspecified atom stereocenters. The van der Waals surface area contributed by atoms with Crippen LogP contribution in [0, 0.1) is 11.3 Å². The zero-order valence-electron chi connectivity index (χ0n) is 18.7. The Morgan fingerprint density at radius 1 is 1.10 bits per heavy atom. The van der Waals surface area contributed by atoms with E-state index in [0.717, 1.165) is 57.0 Å². The molecule has 0 saturated heterocycles. The Morgan fingerprint density at radius 2 is 1.81 bits per heavy atom. The highest BCUT2D eigenvalue weighted by Crippen LogP contribution is 2.44. The topological polar surface area (TPSA) is 75.9 Å². The van der Waals surface area contributed by atoms with Crippen LogP contribution in [0.5, 0.6) is 0 Å². The van der Waals surface area contributed by atoms with Gasteiger partial charge in [0.05, 0.1) is 29.1 Å². The third kappa shape index (κ3) is 3.40. The Labute approximate surface area is 184 Å². The largest absolute Gasteiger partial charge is 0.539 e. The third-order valence-corrected chi connectivity index (χ3v) is 8.75. The van der Waals surface area contributed by atoms with Crippen molar-refractivity contribution >= 4 is 41.7 Å². The predicted octanol–water partition coefficient (Wildman–Crippen LogP) is 4.01. The molecule has 1 heterocycles. The van der Waals surface area contributed by atoms with E-state index in [0.29, 0.717) is 31.9 Å². The number of fused-ring (bicyclic) bond motifs is 3. The maximum absolute atomic E-state index is 9.88. The molecule has 162 valence electrons. The highest BCUT2D eigenvalue weighted by Gasteiger charge is 2.50. The first kappa shape index (κ1) is 21.7. The van der Waals surface area contributed by atoms with Gasteiger partial charge < -0.3 is 18.6 Å². The van der Waals surface area contributed by atoms with E-state index in [1.165, 1.54) is 0 Å². The van der Waals surface area contributed by atoms with Gasteiger partial charge in [-0.25, -0.2) is 0 Å². The van der Waals surface area contributed by atoms with Crippen LogP contribution in [0.1, 0.15) is 45.2 Å². The van der Waals surface area contributed by atoms with Crippen LogP contribution in [-0.2, 0) is 13.3 Å². The lowest BCUT2D eigenvalue weighted by Gasteiger charge is -2.32. The molecule has 2 aromatic carbocycles. The molecule has 0 radical (unpaired) electrons. The molecule has 0 aromatic heterocycles. The van der Waals surface area contributed by atoms with Crippen molar-refractivity contribution in [1.82, 2.24) is 0 Å². The first-order valence-electron chi connectivity index (χ1n) is 11.1. The molecule has 0 fully saturated rings. The van der Waals surface area contributed by atoms with Crippen molar-refractivity contribution in [2.24, 2.45) is 4.99 Å². The molecule has 0 atom stereocenters. The SMILES string of the molecule is CCCNc1cc2cccc3c2c(c1[Si](OCC)(OCC)OCC)C1=C(C#N)CN=C13. The van der Waals surface area contributed by atoms with Gasteiger partial charge in [-0.05, 0) is 44.0 Å². The van der Waals surface area contributed by atoms with Crippen LogP contribution < -0.4 is 10.5 Å². The number of anilines is 1. The van der Waals surface area contributed by atoms with Crippen LogP contribution in [0.4, 0.5) is 5.69 Å². The molecule has 6 nitrogen and oxygen atoms in total. The van der Waals surface area contributed by atoms with Gasteiger partial charge in [-0.1, -0.05) is 25.1 Å². The molecule has 1 N–H and O–H groups in total. The second-order valence-electron chi connectivity index (χ2n) is 7.49. The van der Waals surface area contributed by atoms with Gasteiger partial charge in [-0.15, -0.1) is 0 Å². The summed E-state index contributed by atoms with van der Waals surface area (Å²) < 4.78 is 19.1. The number of nitriles is 1. The third-order valence-electron chi connectivity index (χ3n) is 5.61. The highest BCUT2D eigenvalue weighted by atomic mass is 28.4. The molecule has 0 amide bonds. The van der Waals surface area contributed by atoms with Gasteiger partial charge in [0.25, 0.3) is 0 Å². The lowest BCUT2D eigenvalue weighted by atomic mass is 10.00. The first-order chi connectivity index (χ1) is 15.2. The van der Waals surface area contributed by atoms with Gasteiger partial charge in [0, 0.05) is 48.8 Å². The Morgan fingerprint density at radius 3 is 2.42 bits per heavy atom. The number of benzene rings is 2. The lowest BCUT2D eigenvalue weighted by molar-refractivity contribution is 0.0860. The maximum atomic E-state index is 9.88. The summed E-state index contributed by atoms with van der Waals surface area (Å²) in [5.41, 5.74) is 5.54. The molecular weight excluding hydrogens is 406 g/mol. The van der Waals surface area contributed by atoms with E-state index < -0.39 is 8.80 Å². The minimum absolute atomic E-state index is 0.412. The molecule has 1 aliphatic carbocycles. The second kappa shape index (κ2) is 8.93. The minimum atomic E-state index is -3.28. The predicted molar refractivity (Wildman–Crippen MR) is 127 cm³/mol. The lowest BCUT2D eigenvalue weighted by Crippen LogP contribution is -2.58. The van der Waals surface area contributed by atoms with Gasteiger partial charge >= 0.3 is 8.80 Å². The van der Waals surface area contributed by atoms with Crippen molar-refractivity contribution < 1.29 is 13.3 Å². The van der Waals surface area contributed by atoms with E-state index in [-0.39, 0.29) is 0 Å². The van der Waals surface area contributed by atoms with Gasteiger partial charge in [0.1, 0.15) is 0 Å². The number of hydrogen-bond acceptors (Lipinski definition) is 6. The van der Waals surface area contributed by atoms with Crippen LogP contribution in [-0.4, -0.2) is 47.4 Å². The van der Waals surface area contributed by atoms with Crippen molar-refractivity contribution in [3.05, 3.63) is 41.0 Å². The molecule has 0 spiro atoms. The number of allylic oxidation sites excluding steroid dienone is 1. The number of nitrogens with one attached hydrogen (secondary N) is 1. The summed E-state index contributed by atoms with van der Waals surface area (Å²) in [6.07, 6.45) is 0.984. The normalized spacial score (nSPS) is 14.7. The van der Waals surface area contributed by atoms with Crippen molar-refractivity contribution in [1.29, 1.82) is 5.26 Å². The fourth-order valence-electron chi connectivity index (χ4n) is 4.57. The van der Waals surface area contributed by atoms with Crippen LogP contribution >= 0.6 is 0 Å². The van der Waals surface area contributed by atoms with Crippen molar-refractivity contribution in [2.45, 2.75) is 34.1 Å².